The van der Waals surface area contributed by atoms with E-state index in [4.69, 9.17) is 24.1 Å². The first-order valence-corrected chi connectivity index (χ1v) is 14.4. The minimum absolute atomic E-state index is 0.00641. The Morgan fingerprint density at radius 2 is 1.41 bits per heavy atom. The average molecular weight is 605 g/mol. The van der Waals surface area contributed by atoms with Gasteiger partial charge in [-0.25, -0.2) is 14.4 Å². The lowest BCUT2D eigenvalue weighted by Crippen LogP contribution is -2.43. The average Bonchev–Trinajstić information content (AvgIpc) is 3.36. The molecular formula is C33H36N2O9. The Hall–Kier alpha value is -4.74. The molecule has 11 nitrogen and oxygen atoms in total. The van der Waals surface area contributed by atoms with Crippen LogP contribution in [-0.2, 0) is 39.9 Å². The molecule has 11 heteroatoms. The minimum Gasteiger partial charge on any atom is -0.480 e. The Balaban J connectivity index is 1.27. The number of carbonyl (C=O) groups excluding carboxylic acids is 3. The van der Waals surface area contributed by atoms with E-state index in [1.807, 2.05) is 78.9 Å². The standard InChI is InChI=1S/C33H36N2O9/c36-30(34-16-17-41-18-19-42-22-31(37)38)15-14-29(32(39)43-20-23-8-2-1-3-9-23)35-33(40)44-21-28-26-12-6-4-10-24(26)25-11-5-7-13-27(25)28/h1-13,28-29H,14-22H2,(H,34,36)(H,35,40)(H,37,38)/t29-/m0/s1. The highest BCUT2D eigenvalue weighted by atomic mass is 16.6. The van der Waals surface area contributed by atoms with E-state index in [9.17, 15) is 19.2 Å². The van der Waals surface area contributed by atoms with Gasteiger partial charge in [-0.3, -0.25) is 4.79 Å². The molecule has 0 bridgehead atoms. The van der Waals surface area contributed by atoms with E-state index in [-0.39, 0.29) is 64.2 Å². The second-order valence-corrected chi connectivity index (χ2v) is 10.1. The number of amides is 2. The molecule has 0 unspecified atom stereocenters. The van der Waals surface area contributed by atoms with Gasteiger partial charge in [0.15, 0.2) is 0 Å². The fourth-order valence-corrected chi connectivity index (χ4v) is 4.87. The summed E-state index contributed by atoms with van der Waals surface area (Å²) < 4.78 is 21.2. The number of hydrogen-bond donors (Lipinski definition) is 3. The Morgan fingerprint density at radius 1 is 0.773 bits per heavy atom. The molecule has 1 atom stereocenters. The second kappa shape index (κ2) is 16.8. The second-order valence-electron chi connectivity index (χ2n) is 10.1. The maximum Gasteiger partial charge on any atom is 0.407 e. The van der Waals surface area contributed by atoms with Gasteiger partial charge in [0.1, 0.15) is 25.9 Å². The fraction of sp³-hybridized carbons (Fsp3) is 0.333. The molecule has 1 aliphatic carbocycles. The molecule has 0 fully saturated rings. The van der Waals surface area contributed by atoms with Crippen LogP contribution in [-0.4, -0.2) is 74.7 Å². The van der Waals surface area contributed by atoms with Crippen LogP contribution in [0, 0.1) is 0 Å². The molecule has 4 rings (SSSR count). The summed E-state index contributed by atoms with van der Waals surface area (Å²) in [6.45, 7) is 0.398. The first-order valence-electron chi connectivity index (χ1n) is 14.4. The van der Waals surface area contributed by atoms with Crippen LogP contribution >= 0.6 is 0 Å². The Bertz CT molecular complexity index is 1370. The smallest absolute Gasteiger partial charge is 0.407 e. The third-order valence-electron chi connectivity index (χ3n) is 6.97. The molecule has 3 aromatic carbocycles. The summed E-state index contributed by atoms with van der Waals surface area (Å²) in [5, 5.41) is 13.8. The number of fused-ring (bicyclic) bond motifs is 3. The van der Waals surface area contributed by atoms with Crippen LogP contribution in [0.5, 0.6) is 0 Å². The SMILES string of the molecule is O=C(O)COCCOCCNC(=O)CC[C@H](NC(=O)OCC1c2ccccc2-c2ccccc21)C(=O)OCc1ccccc1. The number of carboxylic acid groups (broad SMARTS) is 1. The summed E-state index contributed by atoms with van der Waals surface area (Å²) in [6.07, 6.45) is -0.850. The molecular weight excluding hydrogens is 568 g/mol. The maximum absolute atomic E-state index is 13.0. The van der Waals surface area contributed by atoms with Crippen LogP contribution in [0.3, 0.4) is 0 Å². The number of aliphatic carboxylic acids is 1. The molecule has 0 saturated carbocycles. The normalized spacial score (nSPS) is 12.5. The summed E-state index contributed by atoms with van der Waals surface area (Å²) >= 11 is 0. The lowest BCUT2D eigenvalue weighted by Gasteiger charge is -2.19. The van der Waals surface area contributed by atoms with Crippen molar-refractivity contribution in [2.24, 2.45) is 0 Å². The molecule has 0 saturated heterocycles. The van der Waals surface area contributed by atoms with Crippen LogP contribution in [0.2, 0.25) is 0 Å². The van der Waals surface area contributed by atoms with E-state index in [0.29, 0.717) is 0 Å². The van der Waals surface area contributed by atoms with Crippen molar-refractivity contribution in [1.29, 1.82) is 0 Å². The summed E-state index contributed by atoms with van der Waals surface area (Å²) in [5.74, 6) is -2.23. The minimum atomic E-state index is -1.11. The van der Waals surface area contributed by atoms with E-state index in [2.05, 4.69) is 10.6 Å². The van der Waals surface area contributed by atoms with Crippen molar-refractivity contribution in [2.45, 2.75) is 31.4 Å². The lowest BCUT2D eigenvalue weighted by molar-refractivity contribution is -0.147. The molecule has 3 aromatic rings. The van der Waals surface area contributed by atoms with Gasteiger partial charge in [0.2, 0.25) is 5.91 Å². The van der Waals surface area contributed by atoms with Crippen molar-refractivity contribution in [3.8, 4) is 11.1 Å². The van der Waals surface area contributed by atoms with Crippen molar-refractivity contribution >= 4 is 23.9 Å². The number of carboxylic acids is 1. The number of nitrogens with one attached hydrogen (secondary N) is 2. The lowest BCUT2D eigenvalue weighted by atomic mass is 9.98. The fourth-order valence-electron chi connectivity index (χ4n) is 4.87. The van der Waals surface area contributed by atoms with Gasteiger partial charge in [-0.1, -0.05) is 78.9 Å². The number of carbonyl (C=O) groups is 4. The molecule has 1 aliphatic rings. The predicted octanol–water partition coefficient (Wildman–Crippen LogP) is 3.65. The van der Waals surface area contributed by atoms with Crippen LogP contribution in [0.1, 0.15) is 35.4 Å². The van der Waals surface area contributed by atoms with Gasteiger partial charge >= 0.3 is 18.0 Å². The van der Waals surface area contributed by atoms with Gasteiger partial charge in [0.05, 0.1) is 19.8 Å². The van der Waals surface area contributed by atoms with E-state index in [1.165, 1.54) is 0 Å². The number of benzene rings is 3. The van der Waals surface area contributed by atoms with E-state index >= 15 is 0 Å². The highest BCUT2D eigenvalue weighted by Crippen LogP contribution is 2.44. The van der Waals surface area contributed by atoms with E-state index < -0.39 is 30.7 Å². The van der Waals surface area contributed by atoms with Gasteiger partial charge in [0.25, 0.3) is 0 Å². The Kier molecular flexibility index (Phi) is 12.3. The van der Waals surface area contributed by atoms with Crippen LogP contribution < -0.4 is 10.6 Å². The predicted molar refractivity (Wildman–Crippen MR) is 160 cm³/mol. The molecule has 44 heavy (non-hydrogen) atoms. The van der Waals surface area contributed by atoms with Gasteiger partial charge in [-0.15, -0.1) is 0 Å². The van der Waals surface area contributed by atoms with Crippen molar-refractivity contribution in [1.82, 2.24) is 10.6 Å². The Morgan fingerprint density at radius 3 is 2.09 bits per heavy atom. The zero-order valence-corrected chi connectivity index (χ0v) is 24.2. The number of alkyl carbamates (subject to hydrolysis) is 1. The summed E-state index contributed by atoms with van der Waals surface area (Å²) in [4.78, 5) is 48.7. The topological polar surface area (TPSA) is 149 Å². The monoisotopic (exact) mass is 604 g/mol. The molecule has 0 aliphatic heterocycles. The summed E-state index contributed by atoms with van der Waals surface area (Å²) in [5.41, 5.74) is 5.11. The summed E-state index contributed by atoms with van der Waals surface area (Å²) in [6, 6.07) is 24.0. The molecule has 232 valence electrons. The quantitative estimate of drug-likeness (QED) is 0.155. The van der Waals surface area contributed by atoms with Crippen molar-refractivity contribution in [3.05, 3.63) is 95.6 Å². The molecule has 0 spiro atoms. The number of ether oxygens (including phenoxy) is 4. The third-order valence-corrected chi connectivity index (χ3v) is 6.97. The van der Waals surface area contributed by atoms with E-state index in [0.717, 1.165) is 27.8 Å². The van der Waals surface area contributed by atoms with Gasteiger partial charge in [-0.2, -0.15) is 0 Å². The highest BCUT2D eigenvalue weighted by Gasteiger charge is 2.30. The third kappa shape index (κ3) is 9.65. The first-order chi connectivity index (χ1) is 21.4. The molecule has 2 amide bonds. The van der Waals surface area contributed by atoms with Crippen molar-refractivity contribution in [3.63, 3.8) is 0 Å². The van der Waals surface area contributed by atoms with E-state index in [1.54, 1.807) is 0 Å². The van der Waals surface area contributed by atoms with Gasteiger partial charge in [0, 0.05) is 18.9 Å². The molecule has 0 heterocycles. The summed E-state index contributed by atoms with van der Waals surface area (Å²) in [7, 11) is 0. The molecule has 0 aromatic heterocycles. The Labute approximate surface area is 255 Å². The zero-order chi connectivity index (χ0) is 31.1. The number of hydrogen-bond acceptors (Lipinski definition) is 8. The van der Waals surface area contributed by atoms with Crippen LogP contribution in [0.15, 0.2) is 78.9 Å². The zero-order valence-electron chi connectivity index (χ0n) is 24.2. The first kappa shape index (κ1) is 32.2. The molecule has 3 N–H and O–H groups in total. The molecule has 0 radical (unpaired) electrons. The number of esters is 1. The maximum atomic E-state index is 13.0. The van der Waals surface area contributed by atoms with Gasteiger partial charge in [-0.05, 0) is 34.2 Å². The van der Waals surface area contributed by atoms with Crippen LogP contribution in [0.25, 0.3) is 11.1 Å². The number of rotatable bonds is 17. The van der Waals surface area contributed by atoms with Crippen LogP contribution in [0.4, 0.5) is 4.79 Å². The van der Waals surface area contributed by atoms with Gasteiger partial charge < -0.3 is 34.7 Å². The van der Waals surface area contributed by atoms with Crippen molar-refractivity contribution in [2.75, 3.05) is 39.6 Å². The van der Waals surface area contributed by atoms with Crippen molar-refractivity contribution < 1.29 is 43.2 Å². The highest BCUT2D eigenvalue weighted by molar-refractivity contribution is 5.83. The largest absolute Gasteiger partial charge is 0.480 e.